The Morgan fingerprint density at radius 2 is 2.04 bits per heavy atom. The van der Waals surface area contributed by atoms with Crippen LogP contribution in [-0.4, -0.2) is 60.3 Å². The zero-order valence-electron chi connectivity index (χ0n) is 12.5. The van der Waals surface area contributed by atoms with E-state index in [1.165, 1.54) is 21.7 Å². The van der Waals surface area contributed by atoms with Gasteiger partial charge < -0.3 is 15.2 Å². The van der Waals surface area contributed by atoms with Gasteiger partial charge in [-0.25, -0.2) is 0 Å². The maximum Gasteiger partial charge on any atom is 0.405 e. The lowest BCUT2D eigenvalue weighted by Crippen LogP contribution is -2.57. The number of nitrogens with zero attached hydrogens (tertiary/aromatic N) is 2. The molecule has 1 amide bonds. The van der Waals surface area contributed by atoms with E-state index in [0.717, 1.165) is 0 Å². The predicted molar refractivity (Wildman–Crippen MR) is 84.3 cm³/mol. The van der Waals surface area contributed by atoms with E-state index in [0.29, 0.717) is 31.2 Å². The van der Waals surface area contributed by atoms with Crippen molar-refractivity contribution in [2.24, 2.45) is 7.05 Å². The number of amides is 1. The fraction of sp³-hybridized carbons (Fsp3) is 0.615. The molecule has 1 atom stereocenters. The van der Waals surface area contributed by atoms with Crippen LogP contribution < -0.4 is 10.6 Å². The summed E-state index contributed by atoms with van der Waals surface area (Å²) < 4.78 is 41.1. The normalized spacial score (nSPS) is 17.4. The zero-order chi connectivity index (χ0) is 16.3. The van der Waals surface area contributed by atoms with Gasteiger partial charge in [-0.15, -0.1) is 12.4 Å². The van der Waals surface area contributed by atoms with Gasteiger partial charge in [0.2, 0.25) is 0 Å². The summed E-state index contributed by atoms with van der Waals surface area (Å²) in [5.74, 6) is -0.571. The zero-order valence-corrected chi connectivity index (χ0v) is 14.1. The molecule has 1 aliphatic heterocycles. The number of alkyl halides is 3. The molecule has 0 bridgehead atoms. The average molecular weight is 375 g/mol. The number of aromatic nitrogens is 1. The summed E-state index contributed by atoms with van der Waals surface area (Å²) in [4.78, 5) is 13.3. The second kappa shape index (κ2) is 8.23. The molecule has 2 heterocycles. The van der Waals surface area contributed by atoms with Gasteiger partial charge in [0.1, 0.15) is 11.7 Å². The maximum absolute atomic E-state index is 13.2. The van der Waals surface area contributed by atoms with Gasteiger partial charge in [-0.2, -0.15) is 13.2 Å². The maximum atomic E-state index is 13.2. The van der Waals surface area contributed by atoms with Crippen molar-refractivity contribution < 1.29 is 18.0 Å². The minimum absolute atomic E-state index is 0. The van der Waals surface area contributed by atoms with Crippen LogP contribution in [0.2, 0.25) is 5.02 Å². The summed E-state index contributed by atoms with van der Waals surface area (Å²) in [6.07, 6.45) is -2.87. The van der Waals surface area contributed by atoms with Crippen molar-refractivity contribution in [1.29, 1.82) is 0 Å². The molecule has 10 heteroatoms. The first-order chi connectivity index (χ1) is 10.3. The van der Waals surface area contributed by atoms with Gasteiger partial charge in [0.15, 0.2) is 0 Å². The summed E-state index contributed by atoms with van der Waals surface area (Å²) >= 11 is 5.77. The molecular weight excluding hydrogens is 356 g/mol. The Kier molecular flexibility index (Phi) is 7.19. The van der Waals surface area contributed by atoms with Gasteiger partial charge >= 0.3 is 6.18 Å². The molecule has 132 valence electrons. The first-order valence-corrected chi connectivity index (χ1v) is 7.28. The summed E-state index contributed by atoms with van der Waals surface area (Å²) in [5, 5.41) is 5.73. The average Bonchev–Trinajstić information content (AvgIpc) is 2.77. The van der Waals surface area contributed by atoms with Gasteiger partial charge in [-0.1, -0.05) is 11.6 Å². The van der Waals surface area contributed by atoms with Crippen LogP contribution in [-0.2, 0) is 7.05 Å². The van der Waals surface area contributed by atoms with Crippen molar-refractivity contribution in [3.8, 4) is 0 Å². The van der Waals surface area contributed by atoms with Crippen LogP contribution in [0.1, 0.15) is 10.5 Å². The van der Waals surface area contributed by atoms with Crippen LogP contribution in [0.5, 0.6) is 0 Å². The number of carbonyl (C=O) groups excluding carboxylic acids is 1. The summed E-state index contributed by atoms with van der Waals surface area (Å²) in [5.41, 5.74) is 0.228. The van der Waals surface area contributed by atoms with Gasteiger partial charge in [-0.3, -0.25) is 9.69 Å². The van der Waals surface area contributed by atoms with Crippen LogP contribution in [0.3, 0.4) is 0 Å². The minimum atomic E-state index is -4.39. The fourth-order valence-electron chi connectivity index (χ4n) is 2.48. The molecule has 1 aliphatic rings. The molecule has 1 saturated heterocycles. The Morgan fingerprint density at radius 3 is 2.52 bits per heavy atom. The molecule has 2 N–H and O–H groups in total. The molecule has 1 unspecified atom stereocenters. The molecule has 5 nitrogen and oxygen atoms in total. The molecule has 1 aromatic rings. The molecule has 23 heavy (non-hydrogen) atoms. The van der Waals surface area contributed by atoms with Crippen LogP contribution in [0.15, 0.2) is 12.3 Å². The Labute approximate surface area is 143 Å². The first kappa shape index (κ1) is 20.1. The van der Waals surface area contributed by atoms with Gasteiger partial charge in [0.05, 0.1) is 5.02 Å². The van der Waals surface area contributed by atoms with Crippen LogP contribution in [0.4, 0.5) is 13.2 Å². The van der Waals surface area contributed by atoms with Gasteiger partial charge in [0.25, 0.3) is 5.91 Å². The number of carbonyl (C=O) groups is 1. The molecular formula is C13H19Cl2F3N4O. The first-order valence-electron chi connectivity index (χ1n) is 6.90. The molecule has 0 saturated carbocycles. The molecule has 1 aromatic heterocycles. The lowest BCUT2D eigenvalue weighted by molar-refractivity contribution is -0.183. The molecule has 2 rings (SSSR count). The molecule has 0 aromatic carbocycles. The summed E-state index contributed by atoms with van der Waals surface area (Å²) in [6, 6.07) is -0.265. The SMILES string of the molecule is Cl.Cn1cc(Cl)cc1C(=O)NCC(N1CCNCC1)C(F)(F)F. The number of rotatable bonds is 4. The third-order valence-corrected chi connectivity index (χ3v) is 3.84. The van der Waals surface area contributed by atoms with Crippen molar-refractivity contribution >= 4 is 29.9 Å². The van der Waals surface area contributed by atoms with Crippen molar-refractivity contribution in [3.63, 3.8) is 0 Å². The van der Waals surface area contributed by atoms with E-state index < -0.39 is 24.7 Å². The Morgan fingerprint density at radius 1 is 1.43 bits per heavy atom. The molecule has 0 radical (unpaired) electrons. The van der Waals surface area contributed by atoms with Crippen molar-refractivity contribution in [1.82, 2.24) is 20.1 Å². The number of piperazine rings is 1. The van der Waals surface area contributed by atoms with Gasteiger partial charge in [-0.05, 0) is 6.07 Å². The van der Waals surface area contributed by atoms with E-state index in [1.54, 1.807) is 7.05 Å². The third-order valence-electron chi connectivity index (χ3n) is 3.63. The fourth-order valence-corrected chi connectivity index (χ4v) is 2.73. The number of nitrogens with one attached hydrogen (secondary N) is 2. The van der Waals surface area contributed by atoms with Crippen molar-refractivity contribution in [2.75, 3.05) is 32.7 Å². The Balaban J connectivity index is 0.00000264. The van der Waals surface area contributed by atoms with Crippen molar-refractivity contribution in [2.45, 2.75) is 12.2 Å². The van der Waals surface area contributed by atoms with Gasteiger partial charge in [0, 0.05) is 46.0 Å². The van der Waals surface area contributed by atoms with Crippen molar-refractivity contribution in [3.05, 3.63) is 23.0 Å². The molecule has 0 spiro atoms. The lowest BCUT2D eigenvalue weighted by atomic mass is 10.2. The monoisotopic (exact) mass is 374 g/mol. The number of hydrogen-bond acceptors (Lipinski definition) is 3. The quantitative estimate of drug-likeness (QED) is 0.842. The standard InChI is InChI=1S/C13H18ClF3N4O.ClH/c1-20-8-9(14)6-10(20)12(22)19-7-11(13(15,16)17)21-4-2-18-3-5-21;/h6,8,11,18H,2-5,7H2,1H3,(H,19,22);1H. The second-order valence-corrected chi connectivity index (χ2v) is 5.64. The van der Waals surface area contributed by atoms with Crippen LogP contribution in [0, 0.1) is 0 Å². The largest absolute Gasteiger partial charge is 0.405 e. The second-order valence-electron chi connectivity index (χ2n) is 5.21. The Hall–Kier alpha value is -0.960. The van der Waals surface area contributed by atoms with E-state index >= 15 is 0 Å². The summed E-state index contributed by atoms with van der Waals surface area (Å²) in [7, 11) is 1.61. The highest BCUT2D eigenvalue weighted by Gasteiger charge is 2.43. The van der Waals surface area contributed by atoms with E-state index in [2.05, 4.69) is 10.6 Å². The molecule has 0 aliphatic carbocycles. The number of aryl methyl sites for hydroxylation is 1. The van der Waals surface area contributed by atoms with E-state index in [9.17, 15) is 18.0 Å². The van der Waals surface area contributed by atoms with E-state index in [1.807, 2.05) is 0 Å². The topological polar surface area (TPSA) is 49.3 Å². The highest BCUT2D eigenvalue weighted by molar-refractivity contribution is 6.31. The highest BCUT2D eigenvalue weighted by atomic mass is 35.5. The van der Waals surface area contributed by atoms with Crippen LogP contribution >= 0.6 is 24.0 Å². The third kappa shape index (κ3) is 5.27. The summed E-state index contributed by atoms with van der Waals surface area (Å²) in [6.45, 7) is 1.14. The lowest BCUT2D eigenvalue weighted by Gasteiger charge is -2.35. The van der Waals surface area contributed by atoms with Crippen LogP contribution in [0.25, 0.3) is 0 Å². The highest BCUT2D eigenvalue weighted by Crippen LogP contribution is 2.25. The number of hydrogen-bond donors (Lipinski definition) is 2. The molecule has 1 fully saturated rings. The van der Waals surface area contributed by atoms with E-state index in [-0.39, 0.29) is 18.1 Å². The van der Waals surface area contributed by atoms with E-state index in [4.69, 9.17) is 11.6 Å². The number of halogens is 5. The minimum Gasteiger partial charge on any atom is -0.349 e. The predicted octanol–water partition coefficient (Wildman–Crippen LogP) is 1.67. The smallest absolute Gasteiger partial charge is 0.349 e. The Bertz CT molecular complexity index is 530.